The molecule has 2 heterocycles. The third-order valence-electron chi connectivity index (χ3n) is 5.00. The highest BCUT2D eigenvalue weighted by molar-refractivity contribution is 6.15. The molecule has 0 spiro atoms. The number of rotatable bonds is 7. The van der Waals surface area contributed by atoms with Crippen LogP contribution in [-0.2, 0) is 6.54 Å². The Kier molecular flexibility index (Phi) is 5.98. The van der Waals surface area contributed by atoms with Gasteiger partial charge in [-0.2, -0.15) is 0 Å². The van der Waals surface area contributed by atoms with Crippen molar-refractivity contribution in [2.24, 2.45) is 0 Å². The standard InChI is InChI=1S/C25H22N4O3/c1-31-24-19(25(30)29-15-17-3-2-11-28-14-17)6-8-21(27)23(24)20(26)7-4-16-5-9-22-18(13-16)10-12-32-22/h2-14,26H,15,27H2,1H3,(H,29,30)/b7-4+,26-20?. The number of carbonyl (C=O) groups is 1. The Balaban J connectivity index is 1.58. The van der Waals surface area contributed by atoms with Crippen molar-refractivity contribution in [1.29, 1.82) is 5.41 Å². The van der Waals surface area contributed by atoms with E-state index in [0.717, 1.165) is 22.1 Å². The van der Waals surface area contributed by atoms with Gasteiger partial charge in [-0.3, -0.25) is 9.78 Å². The molecule has 160 valence electrons. The van der Waals surface area contributed by atoms with Gasteiger partial charge in [0.25, 0.3) is 5.91 Å². The van der Waals surface area contributed by atoms with Gasteiger partial charge in [0.05, 0.1) is 30.2 Å². The Morgan fingerprint density at radius 2 is 2.12 bits per heavy atom. The number of pyridine rings is 1. The fourth-order valence-electron chi connectivity index (χ4n) is 3.40. The summed E-state index contributed by atoms with van der Waals surface area (Å²) in [6, 6.07) is 14.5. The summed E-state index contributed by atoms with van der Waals surface area (Å²) in [4.78, 5) is 16.9. The largest absolute Gasteiger partial charge is 0.495 e. The van der Waals surface area contributed by atoms with E-state index in [9.17, 15) is 4.79 Å². The van der Waals surface area contributed by atoms with Crippen LogP contribution in [0.25, 0.3) is 17.0 Å². The maximum Gasteiger partial charge on any atom is 0.255 e. The van der Waals surface area contributed by atoms with Gasteiger partial charge >= 0.3 is 0 Å². The molecule has 2 aromatic heterocycles. The number of nitrogens with two attached hydrogens (primary N) is 1. The van der Waals surface area contributed by atoms with Gasteiger partial charge in [-0.1, -0.05) is 18.2 Å². The van der Waals surface area contributed by atoms with E-state index in [1.54, 1.807) is 42.9 Å². The zero-order chi connectivity index (χ0) is 22.5. The van der Waals surface area contributed by atoms with Gasteiger partial charge < -0.3 is 25.6 Å². The van der Waals surface area contributed by atoms with Gasteiger partial charge in [0.2, 0.25) is 0 Å². The minimum atomic E-state index is -0.325. The van der Waals surface area contributed by atoms with Crippen LogP contribution in [0.15, 0.2) is 77.7 Å². The average Bonchev–Trinajstić information content (AvgIpc) is 3.29. The van der Waals surface area contributed by atoms with Crippen molar-refractivity contribution in [3.05, 3.63) is 95.5 Å². The SMILES string of the molecule is COc1c(C(=O)NCc2cccnc2)ccc(N)c1C(=N)/C=C/c1ccc2occc2c1. The maximum atomic E-state index is 12.8. The minimum absolute atomic E-state index is 0.133. The van der Waals surface area contributed by atoms with Crippen molar-refractivity contribution in [3.63, 3.8) is 0 Å². The predicted octanol–water partition coefficient (Wildman–Crippen LogP) is 4.43. The van der Waals surface area contributed by atoms with E-state index < -0.39 is 0 Å². The molecule has 4 aromatic rings. The monoisotopic (exact) mass is 426 g/mol. The molecule has 4 N–H and O–H groups in total. The first-order chi connectivity index (χ1) is 15.6. The van der Waals surface area contributed by atoms with Gasteiger partial charge in [0, 0.05) is 30.0 Å². The summed E-state index contributed by atoms with van der Waals surface area (Å²) in [5.41, 5.74) is 9.89. The van der Waals surface area contributed by atoms with Crippen molar-refractivity contribution in [1.82, 2.24) is 10.3 Å². The number of nitrogens with one attached hydrogen (secondary N) is 2. The number of ether oxygens (including phenoxy) is 1. The number of furan rings is 1. The summed E-state index contributed by atoms with van der Waals surface area (Å²) < 4.78 is 10.9. The first kappa shape index (κ1) is 20.9. The number of hydrogen-bond acceptors (Lipinski definition) is 6. The normalized spacial score (nSPS) is 11.0. The van der Waals surface area contributed by atoms with Crippen LogP contribution in [0, 0.1) is 5.41 Å². The number of nitrogen functional groups attached to an aromatic ring is 1. The number of hydrogen-bond donors (Lipinski definition) is 3. The lowest BCUT2D eigenvalue weighted by molar-refractivity contribution is 0.0948. The van der Waals surface area contributed by atoms with Crippen LogP contribution in [0.5, 0.6) is 5.75 Å². The van der Waals surface area contributed by atoms with Crippen LogP contribution >= 0.6 is 0 Å². The number of fused-ring (bicyclic) bond motifs is 1. The summed E-state index contributed by atoms with van der Waals surface area (Å²) in [5.74, 6) is -0.0669. The second-order valence-electron chi connectivity index (χ2n) is 7.12. The zero-order valence-corrected chi connectivity index (χ0v) is 17.5. The quantitative estimate of drug-likeness (QED) is 0.299. The highest BCUT2D eigenvalue weighted by atomic mass is 16.5. The van der Waals surface area contributed by atoms with Gasteiger partial charge in [-0.25, -0.2) is 0 Å². The van der Waals surface area contributed by atoms with E-state index in [0.29, 0.717) is 23.4 Å². The maximum absolute atomic E-state index is 12.8. The lowest BCUT2D eigenvalue weighted by Gasteiger charge is -2.15. The molecular weight excluding hydrogens is 404 g/mol. The third kappa shape index (κ3) is 4.37. The molecule has 4 rings (SSSR count). The van der Waals surface area contributed by atoms with Crippen molar-refractivity contribution in [3.8, 4) is 5.75 Å². The highest BCUT2D eigenvalue weighted by Crippen LogP contribution is 2.30. The van der Waals surface area contributed by atoms with Gasteiger partial charge in [0.15, 0.2) is 0 Å². The molecule has 0 aliphatic rings. The Morgan fingerprint density at radius 1 is 1.25 bits per heavy atom. The summed E-state index contributed by atoms with van der Waals surface area (Å²) in [6.07, 6.45) is 8.44. The molecular formula is C25H22N4O3. The molecule has 2 aromatic carbocycles. The third-order valence-corrected chi connectivity index (χ3v) is 5.00. The van der Waals surface area contributed by atoms with Gasteiger partial charge in [-0.05, 0) is 53.6 Å². The molecule has 0 fully saturated rings. The van der Waals surface area contributed by atoms with Crippen LogP contribution in [0.3, 0.4) is 0 Å². The summed E-state index contributed by atoms with van der Waals surface area (Å²) in [5, 5.41) is 12.4. The molecule has 0 saturated heterocycles. The van der Waals surface area contributed by atoms with Gasteiger partial charge in [0.1, 0.15) is 11.3 Å². The van der Waals surface area contributed by atoms with Crippen molar-refractivity contribution < 1.29 is 13.9 Å². The lowest BCUT2D eigenvalue weighted by atomic mass is 10.0. The number of amides is 1. The van der Waals surface area contributed by atoms with E-state index in [4.69, 9.17) is 20.3 Å². The van der Waals surface area contributed by atoms with E-state index in [-0.39, 0.29) is 17.4 Å². The number of methoxy groups -OCH3 is 1. The molecule has 0 bridgehead atoms. The molecule has 7 heteroatoms. The molecule has 0 radical (unpaired) electrons. The Hall–Kier alpha value is -4.39. The molecule has 0 unspecified atom stereocenters. The molecule has 0 atom stereocenters. The fourth-order valence-corrected chi connectivity index (χ4v) is 3.40. The van der Waals surface area contributed by atoms with E-state index >= 15 is 0 Å². The summed E-state index contributed by atoms with van der Waals surface area (Å²) in [7, 11) is 1.46. The Labute approximate surface area is 185 Å². The number of nitrogens with zero attached hydrogens (tertiary/aromatic N) is 1. The van der Waals surface area contributed by atoms with Crippen molar-refractivity contribution >= 4 is 34.4 Å². The highest BCUT2D eigenvalue weighted by Gasteiger charge is 2.20. The number of benzene rings is 2. The first-order valence-electron chi connectivity index (χ1n) is 9.94. The average molecular weight is 426 g/mol. The molecule has 7 nitrogen and oxygen atoms in total. The zero-order valence-electron chi connectivity index (χ0n) is 17.5. The second-order valence-corrected chi connectivity index (χ2v) is 7.12. The van der Waals surface area contributed by atoms with E-state index in [1.165, 1.54) is 7.11 Å². The van der Waals surface area contributed by atoms with Crippen molar-refractivity contribution in [2.75, 3.05) is 12.8 Å². The molecule has 1 amide bonds. The van der Waals surface area contributed by atoms with Gasteiger partial charge in [-0.15, -0.1) is 0 Å². The minimum Gasteiger partial charge on any atom is -0.495 e. The lowest BCUT2D eigenvalue weighted by Crippen LogP contribution is -2.24. The smallest absolute Gasteiger partial charge is 0.255 e. The van der Waals surface area contributed by atoms with Crippen LogP contribution < -0.4 is 15.8 Å². The molecule has 0 aliphatic heterocycles. The number of allylic oxidation sites excluding steroid dienone is 1. The van der Waals surface area contributed by atoms with Crippen LogP contribution in [0.4, 0.5) is 5.69 Å². The topological polar surface area (TPSA) is 114 Å². The molecule has 32 heavy (non-hydrogen) atoms. The van der Waals surface area contributed by atoms with Crippen LogP contribution in [0.2, 0.25) is 0 Å². The molecule has 0 aliphatic carbocycles. The Morgan fingerprint density at radius 3 is 2.91 bits per heavy atom. The number of aromatic nitrogens is 1. The second kappa shape index (κ2) is 9.18. The van der Waals surface area contributed by atoms with Crippen LogP contribution in [0.1, 0.15) is 27.0 Å². The van der Waals surface area contributed by atoms with Crippen LogP contribution in [-0.4, -0.2) is 23.7 Å². The predicted molar refractivity (Wildman–Crippen MR) is 125 cm³/mol. The van der Waals surface area contributed by atoms with E-state index in [1.807, 2.05) is 36.4 Å². The molecule has 0 saturated carbocycles. The first-order valence-corrected chi connectivity index (χ1v) is 9.94. The fraction of sp³-hybridized carbons (Fsp3) is 0.0800. The Bertz CT molecular complexity index is 1310. The summed E-state index contributed by atoms with van der Waals surface area (Å²) >= 11 is 0. The number of carbonyl (C=O) groups excluding carboxylic acids is 1. The number of anilines is 1. The van der Waals surface area contributed by atoms with E-state index in [2.05, 4.69) is 10.3 Å². The van der Waals surface area contributed by atoms with Crippen molar-refractivity contribution in [2.45, 2.75) is 6.54 Å². The summed E-state index contributed by atoms with van der Waals surface area (Å²) in [6.45, 7) is 0.323.